The molecule has 1 heterocycles. The van der Waals surface area contributed by atoms with E-state index in [1.54, 1.807) is 0 Å². The molecule has 6 nitrogen and oxygen atoms in total. The quantitative estimate of drug-likeness (QED) is 0.609. The summed E-state index contributed by atoms with van der Waals surface area (Å²) in [6, 6.07) is 0. The number of amides is 1. The van der Waals surface area contributed by atoms with Crippen LogP contribution in [0.15, 0.2) is 0 Å². The Kier molecular flexibility index (Phi) is 9.08. The standard InChI is InChI=1S/C15H28N2O2.CH2O2/c1-2-3-13-10-14(13)15(19)16-11-12-4-6-17(7-5-12)8-9-18;2-1-3/h12-14,18H,2-11H2,1H3,(H,16,19);1H,(H,2,3)/t13-,14+;/m0./s1. The van der Waals surface area contributed by atoms with Gasteiger partial charge in [-0.15, -0.1) is 0 Å². The molecule has 0 radical (unpaired) electrons. The van der Waals surface area contributed by atoms with Crippen molar-refractivity contribution in [3.63, 3.8) is 0 Å². The summed E-state index contributed by atoms with van der Waals surface area (Å²) in [5.41, 5.74) is 0. The summed E-state index contributed by atoms with van der Waals surface area (Å²) in [5.74, 6) is 1.89. The van der Waals surface area contributed by atoms with Gasteiger partial charge in [0.25, 0.3) is 6.47 Å². The molecule has 22 heavy (non-hydrogen) atoms. The topological polar surface area (TPSA) is 89.9 Å². The number of piperidine rings is 1. The van der Waals surface area contributed by atoms with Gasteiger partial charge in [-0.05, 0) is 50.6 Å². The molecule has 1 saturated heterocycles. The maximum absolute atomic E-state index is 11.9. The molecule has 0 aromatic carbocycles. The van der Waals surface area contributed by atoms with Gasteiger partial charge in [-0.1, -0.05) is 13.3 Å². The largest absolute Gasteiger partial charge is 0.483 e. The fourth-order valence-electron chi connectivity index (χ4n) is 3.19. The number of nitrogens with one attached hydrogen (secondary N) is 1. The minimum absolute atomic E-state index is 0.250. The van der Waals surface area contributed by atoms with Crippen LogP contribution in [0.25, 0.3) is 0 Å². The first-order valence-corrected chi connectivity index (χ1v) is 8.35. The number of rotatable bonds is 7. The van der Waals surface area contributed by atoms with Crippen molar-refractivity contribution in [1.29, 1.82) is 0 Å². The van der Waals surface area contributed by atoms with Crippen molar-refractivity contribution < 1.29 is 19.8 Å². The Balaban J connectivity index is 0.000000745. The second-order valence-electron chi connectivity index (χ2n) is 6.25. The van der Waals surface area contributed by atoms with Gasteiger partial charge in [0.05, 0.1) is 6.61 Å². The van der Waals surface area contributed by atoms with E-state index in [-0.39, 0.29) is 19.0 Å². The molecule has 2 rings (SSSR count). The molecule has 3 N–H and O–H groups in total. The first-order valence-electron chi connectivity index (χ1n) is 8.35. The van der Waals surface area contributed by atoms with E-state index in [0.29, 0.717) is 17.8 Å². The molecule has 1 aliphatic heterocycles. The second-order valence-corrected chi connectivity index (χ2v) is 6.25. The monoisotopic (exact) mass is 314 g/mol. The van der Waals surface area contributed by atoms with Crippen LogP contribution in [0.3, 0.4) is 0 Å². The van der Waals surface area contributed by atoms with Crippen LogP contribution in [0, 0.1) is 17.8 Å². The lowest BCUT2D eigenvalue weighted by atomic mass is 9.96. The number of likely N-dealkylation sites (tertiary alicyclic amines) is 1. The Bertz CT molecular complexity index is 330. The van der Waals surface area contributed by atoms with Crippen LogP contribution in [0.4, 0.5) is 0 Å². The van der Waals surface area contributed by atoms with Gasteiger partial charge in [-0.3, -0.25) is 9.59 Å². The lowest BCUT2D eigenvalue weighted by Gasteiger charge is -2.31. The molecule has 128 valence electrons. The van der Waals surface area contributed by atoms with Crippen LogP contribution in [0.2, 0.25) is 0 Å². The average molecular weight is 314 g/mol. The fourth-order valence-corrected chi connectivity index (χ4v) is 3.19. The highest BCUT2D eigenvalue weighted by Crippen LogP contribution is 2.42. The highest BCUT2D eigenvalue weighted by molar-refractivity contribution is 5.81. The van der Waals surface area contributed by atoms with E-state index in [2.05, 4.69) is 17.1 Å². The van der Waals surface area contributed by atoms with Crippen LogP contribution in [-0.2, 0) is 9.59 Å². The first kappa shape index (κ1) is 18.9. The lowest BCUT2D eigenvalue weighted by molar-refractivity contribution is -0.123. The zero-order valence-corrected chi connectivity index (χ0v) is 13.5. The van der Waals surface area contributed by atoms with Gasteiger partial charge in [0.15, 0.2) is 0 Å². The number of carboxylic acid groups (broad SMARTS) is 1. The molecule has 2 fully saturated rings. The minimum Gasteiger partial charge on any atom is -0.483 e. The number of carbonyl (C=O) groups is 2. The van der Waals surface area contributed by atoms with Crippen molar-refractivity contribution in [2.75, 3.05) is 32.8 Å². The SMILES string of the molecule is CCC[C@H]1C[C@H]1C(=O)NCC1CCN(CCO)CC1.O=CO. The first-order chi connectivity index (χ1) is 10.7. The van der Waals surface area contributed by atoms with Crippen molar-refractivity contribution in [3.05, 3.63) is 0 Å². The molecular weight excluding hydrogens is 284 g/mol. The van der Waals surface area contributed by atoms with Crippen LogP contribution in [0.1, 0.15) is 39.0 Å². The molecule has 0 bridgehead atoms. The molecule has 2 atom stereocenters. The predicted molar refractivity (Wildman–Crippen MR) is 84.5 cm³/mol. The van der Waals surface area contributed by atoms with E-state index in [1.807, 2.05) is 0 Å². The smallest absolute Gasteiger partial charge is 0.290 e. The Morgan fingerprint density at radius 3 is 2.55 bits per heavy atom. The van der Waals surface area contributed by atoms with Crippen LogP contribution in [-0.4, -0.2) is 60.3 Å². The summed E-state index contributed by atoms with van der Waals surface area (Å²) in [5, 5.41) is 18.9. The molecule has 1 saturated carbocycles. The normalized spacial score (nSPS) is 25.0. The summed E-state index contributed by atoms with van der Waals surface area (Å²) in [6.07, 6.45) is 5.79. The fraction of sp³-hybridized carbons (Fsp3) is 0.875. The Hall–Kier alpha value is -1.14. The molecular formula is C16H30N2O4. The second kappa shape index (κ2) is 10.6. The van der Waals surface area contributed by atoms with E-state index in [9.17, 15) is 4.79 Å². The summed E-state index contributed by atoms with van der Waals surface area (Å²) < 4.78 is 0. The van der Waals surface area contributed by atoms with Crippen LogP contribution >= 0.6 is 0 Å². The predicted octanol–water partition coefficient (Wildman–Crippen LogP) is 0.944. The van der Waals surface area contributed by atoms with Gasteiger partial charge in [0, 0.05) is 19.0 Å². The summed E-state index contributed by atoms with van der Waals surface area (Å²) >= 11 is 0. The number of hydrogen-bond acceptors (Lipinski definition) is 4. The Morgan fingerprint density at radius 2 is 2.00 bits per heavy atom. The van der Waals surface area contributed by atoms with E-state index in [1.165, 1.54) is 12.8 Å². The Labute approximate surface area is 132 Å². The Morgan fingerprint density at radius 1 is 1.36 bits per heavy atom. The van der Waals surface area contributed by atoms with E-state index >= 15 is 0 Å². The molecule has 0 spiro atoms. The number of hydrogen-bond donors (Lipinski definition) is 3. The molecule has 1 aliphatic carbocycles. The number of aliphatic hydroxyl groups excluding tert-OH is 1. The highest BCUT2D eigenvalue weighted by atomic mass is 16.3. The molecule has 6 heteroatoms. The van der Waals surface area contributed by atoms with Crippen LogP contribution in [0.5, 0.6) is 0 Å². The van der Waals surface area contributed by atoms with Gasteiger partial charge in [0.2, 0.25) is 5.91 Å². The molecule has 2 aliphatic rings. The van der Waals surface area contributed by atoms with Crippen LogP contribution < -0.4 is 5.32 Å². The maximum Gasteiger partial charge on any atom is 0.290 e. The van der Waals surface area contributed by atoms with Gasteiger partial charge in [-0.25, -0.2) is 0 Å². The van der Waals surface area contributed by atoms with Gasteiger partial charge in [0.1, 0.15) is 0 Å². The third-order valence-electron chi connectivity index (χ3n) is 4.61. The maximum atomic E-state index is 11.9. The third-order valence-corrected chi connectivity index (χ3v) is 4.61. The minimum atomic E-state index is -0.250. The van der Waals surface area contributed by atoms with E-state index in [4.69, 9.17) is 15.0 Å². The molecule has 0 unspecified atom stereocenters. The molecule has 0 aromatic heterocycles. The summed E-state index contributed by atoms with van der Waals surface area (Å²) in [4.78, 5) is 22.6. The zero-order chi connectivity index (χ0) is 16.4. The van der Waals surface area contributed by atoms with E-state index < -0.39 is 0 Å². The number of β-amino-alcohol motifs (C(OH)–C–C–N with tert-alkyl or cyclic N) is 1. The zero-order valence-electron chi connectivity index (χ0n) is 13.5. The number of nitrogens with zero attached hydrogens (tertiary/aromatic N) is 1. The summed E-state index contributed by atoms with van der Waals surface area (Å²) in [7, 11) is 0. The summed E-state index contributed by atoms with van der Waals surface area (Å²) in [6.45, 7) is 5.95. The highest BCUT2D eigenvalue weighted by Gasteiger charge is 2.41. The molecule has 0 aromatic rings. The van der Waals surface area contributed by atoms with Crippen molar-refractivity contribution in [2.45, 2.75) is 39.0 Å². The average Bonchev–Trinajstić information content (AvgIpc) is 3.27. The van der Waals surface area contributed by atoms with Crippen molar-refractivity contribution in [2.24, 2.45) is 17.8 Å². The van der Waals surface area contributed by atoms with Gasteiger partial charge in [-0.2, -0.15) is 0 Å². The lowest BCUT2D eigenvalue weighted by Crippen LogP contribution is -2.40. The number of aliphatic hydroxyl groups is 1. The van der Waals surface area contributed by atoms with Crippen molar-refractivity contribution >= 4 is 12.4 Å². The van der Waals surface area contributed by atoms with Crippen molar-refractivity contribution in [3.8, 4) is 0 Å². The third kappa shape index (κ3) is 6.75. The van der Waals surface area contributed by atoms with Gasteiger partial charge >= 0.3 is 0 Å². The van der Waals surface area contributed by atoms with Gasteiger partial charge < -0.3 is 20.4 Å². The molecule has 1 amide bonds. The van der Waals surface area contributed by atoms with E-state index in [0.717, 1.165) is 45.4 Å². The number of carbonyl (C=O) groups excluding carboxylic acids is 1. The van der Waals surface area contributed by atoms with Crippen molar-refractivity contribution in [1.82, 2.24) is 10.2 Å².